The standard InChI is InChI=1S/C21H19N5O2/c1-12-8-13(2)19(14(3)9-12)25-18-10-17(20(27)28)24-21(26-18)23-16-6-4-15(11-22)5-7-16/h4-10H,1-3H3,(H,27,28)(H2,23,24,25,26). The van der Waals surface area contributed by atoms with Crippen molar-refractivity contribution in [2.24, 2.45) is 0 Å². The molecule has 0 unspecified atom stereocenters. The molecule has 0 aliphatic rings. The van der Waals surface area contributed by atoms with Gasteiger partial charge in [-0.05, 0) is 56.2 Å². The number of nitriles is 1. The molecule has 0 spiro atoms. The van der Waals surface area contributed by atoms with Gasteiger partial charge in [-0.1, -0.05) is 17.7 Å². The maximum absolute atomic E-state index is 11.5. The molecule has 3 aromatic rings. The zero-order valence-electron chi connectivity index (χ0n) is 15.7. The Morgan fingerprint density at radius 1 is 1.00 bits per heavy atom. The van der Waals surface area contributed by atoms with Gasteiger partial charge in [0.1, 0.15) is 5.82 Å². The van der Waals surface area contributed by atoms with Gasteiger partial charge in [0, 0.05) is 17.4 Å². The average molecular weight is 373 g/mol. The van der Waals surface area contributed by atoms with Crippen molar-refractivity contribution in [3.05, 3.63) is 70.4 Å². The minimum absolute atomic E-state index is 0.129. The summed E-state index contributed by atoms with van der Waals surface area (Å²) in [6.45, 7) is 5.99. The van der Waals surface area contributed by atoms with Gasteiger partial charge in [0.15, 0.2) is 5.69 Å². The zero-order valence-corrected chi connectivity index (χ0v) is 15.7. The van der Waals surface area contributed by atoms with Crippen LogP contribution in [0.5, 0.6) is 0 Å². The lowest BCUT2D eigenvalue weighted by atomic mass is 10.1. The van der Waals surface area contributed by atoms with Crippen LogP contribution < -0.4 is 10.6 Å². The van der Waals surface area contributed by atoms with Crippen LogP contribution in [-0.4, -0.2) is 21.0 Å². The predicted octanol–water partition coefficient (Wildman–Crippen LogP) is 4.46. The summed E-state index contributed by atoms with van der Waals surface area (Å²) in [5, 5.41) is 24.5. The lowest BCUT2D eigenvalue weighted by Crippen LogP contribution is -2.08. The van der Waals surface area contributed by atoms with Crippen LogP contribution in [0.3, 0.4) is 0 Å². The fraction of sp³-hybridized carbons (Fsp3) is 0.143. The summed E-state index contributed by atoms with van der Waals surface area (Å²) in [7, 11) is 0. The van der Waals surface area contributed by atoms with Gasteiger partial charge in [-0.3, -0.25) is 0 Å². The van der Waals surface area contributed by atoms with Crippen molar-refractivity contribution in [3.63, 3.8) is 0 Å². The van der Waals surface area contributed by atoms with Crippen molar-refractivity contribution in [3.8, 4) is 6.07 Å². The third kappa shape index (κ3) is 4.24. The number of aryl methyl sites for hydroxylation is 3. The smallest absolute Gasteiger partial charge is 0.354 e. The molecule has 0 fully saturated rings. The molecular weight excluding hydrogens is 354 g/mol. The van der Waals surface area contributed by atoms with Crippen LogP contribution in [0.25, 0.3) is 0 Å². The highest BCUT2D eigenvalue weighted by Crippen LogP contribution is 2.26. The molecule has 0 saturated carbocycles. The van der Waals surface area contributed by atoms with Gasteiger partial charge < -0.3 is 15.7 Å². The summed E-state index contributed by atoms with van der Waals surface area (Å²) in [6.07, 6.45) is 0. The summed E-state index contributed by atoms with van der Waals surface area (Å²) >= 11 is 0. The molecule has 0 aliphatic heterocycles. The second-order valence-corrected chi connectivity index (χ2v) is 6.48. The molecule has 0 bridgehead atoms. The third-order valence-corrected chi connectivity index (χ3v) is 4.15. The van der Waals surface area contributed by atoms with Gasteiger partial charge >= 0.3 is 5.97 Å². The molecule has 3 N–H and O–H groups in total. The molecule has 0 amide bonds. The molecule has 7 heteroatoms. The monoisotopic (exact) mass is 373 g/mol. The van der Waals surface area contributed by atoms with E-state index in [1.807, 2.05) is 39.0 Å². The van der Waals surface area contributed by atoms with Crippen LogP contribution in [0, 0.1) is 32.1 Å². The van der Waals surface area contributed by atoms with E-state index < -0.39 is 5.97 Å². The minimum Gasteiger partial charge on any atom is -0.477 e. The molecule has 0 atom stereocenters. The highest BCUT2D eigenvalue weighted by atomic mass is 16.4. The number of nitrogens with one attached hydrogen (secondary N) is 2. The second-order valence-electron chi connectivity index (χ2n) is 6.48. The van der Waals surface area contributed by atoms with Gasteiger partial charge in [-0.2, -0.15) is 10.2 Å². The van der Waals surface area contributed by atoms with E-state index >= 15 is 0 Å². The van der Waals surface area contributed by atoms with Crippen LogP contribution in [0.15, 0.2) is 42.5 Å². The van der Waals surface area contributed by atoms with Gasteiger partial charge in [0.25, 0.3) is 0 Å². The van der Waals surface area contributed by atoms with Crippen molar-refractivity contribution < 1.29 is 9.90 Å². The van der Waals surface area contributed by atoms with Crippen LogP contribution in [0.1, 0.15) is 32.7 Å². The van der Waals surface area contributed by atoms with Crippen LogP contribution in [0.4, 0.5) is 23.1 Å². The number of anilines is 4. The Hall–Kier alpha value is -3.92. The molecule has 1 heterocycles. The van der Waals surface area contributed by atoms with E-state index in [9.17, 15) is 9.90 Å². The number of nitrogens with zero attached hydrogens (tertiary/aromatic N) is 3. The molecule has 1 aromatic heterocycles. The molecule has 28 heavy (non-hydrogen) atoms. The molecular formula is C21H19N5O2. The van der Waals surface area contributed by atoms with E-state index in [0.717, 1.165) is 22.4 Å². The van der Waals surface area contributed by atoms with Crippen molar-refractivity contribution in [2.45, 2.75) is 20.8 Å². The van der Waals surface area contributed by atoms with Gasteiger partial charge in [-0.15, -0.1) is 0 Å². The first kappa shape index (κ1) is 18.9. The Bertz CT molecular complexity index is 1060. The van der Waals surface area contributed by atoms with E-state index in [-0.39, 0.29) is 11.6 Å². The van der Waals surface area contributed by atoms with Crippen LogP contribution >= 0.6 is 0 Å². The Morgan fingerprint density at radius 3 is 2.21 bits per heavy atom. The average Bonchev–Trinajstić information content (AvgIpc) is 2.65. The van der Waals surface area contributed by atoms with Gasteiger partial charge in [0.2, 0.25) is 5.95 Å². The van der Waals surface area contributed by atoms with E-state index in [2.05, 4.69) is 20.6 Å². The minimum atomic E-state index is -1.15. The lowest BCUT2D eigenvalue weighted by Gasteiger charge is -2.14. The zero-order chi connectivity index (χ0) is 20.3. The number of rotatable bonds is 5. The number of benzene rings is 2. The highest BCUT2D eigenvalue weighted by molar-refractivity contribution is 5.87. The fourth-order valence-corrected chi connectivity index (χ4v) is 2.94. The lowest BCUT2D eigenvalue weighted by molar-refractivity contribution is 0.0690. The first-order valence-electron chi connectivity index (χ1n) is 8.60. The summed E-state index contributed by atoms with van der Waals surface area (Å²) in [5.41, 5.74) is 5.15. The summed E-state index contributed by atoms with van der Waals surface area (Å²) < 4.78 is 0. The van der Waals surface area contributed by atoms with Gasteiger partial charge in [0.05, 0.1) is 11.6 Å². The molecule has 3 rings (SSSR count). The molecule has 0 radical (unpaired) electrons. The summed E-state index contributed by atoms with van der Waals surface area (Å²) in [4.78, 5) is 19.9. The molecule has 0 aliphatic carbocycles. The molecule has 0 saturated heterocycles. The molecule has 7 nitrogen and oxygen atoms in total. The number of aromatic nitrogens is 2. The van der Waals surface area contributed by atoms with Crippen molar-refractivity contribution in [1.82, 2.24) is 9.97 Å². The number of carboxylic acid groups (broad SMARTS) is 1. The Balaban J connectivity index is 1.95. The topological polar surface area (TPSA) is 111 Å². The molecule has 140 valence electrons. The normalized spacial score (nSPS) is 10.2. The van der Waals surface area contributed by atoms with E-state index in [0.29, 0.717) is 17.1 Å². The third-order valence-electron chi connectivity index (χ3n) is 4.15. The van der Waals surface area contributed by atoms with E-state index in [1.165, 1.54) is 6.07 Å². The number of hydrogen-bond acceptors (Lipinski definition) is 6. The fourth-order valence-electron chi connectivity index (χ4n) is 2.94. The first-order valence-corrected chi connectivity index (χ1v) is 8.60. The predicted molar refractivity (Wildman–Crippen MR) is 107 cm³/mol. The maximum atomic E-state index is 11.5. The summed E-state index contributed by atoms with van der Waals surface area (Å²) in [6, 6.07) is 14.3. The number of carbonyl (C=O) groups is 1. The van der Waals surface area contributed by atoms with Crippen molar-refractivity contribution >= 4 is 29.1 Å². The Labute approximate surface area is 162 Å². The summed E-state index contributed by atoms with van der Waals surface area (Å²) in [5.74, 6) is -0.626. The van der Waals surface area contributed by atoms with Gasteiger partial charge in [-0.25, -0.2) is 9.78 Å². The second kappa shape index (κ2) is 7.76. The largest absolute Gasteiger partial charge is 0.477 e. The molecule has 2 aromatic carbocycles. The van der Waals surface area contributed by atoms with E-state index in [4.69, 9.17) is 5.26 Å². The first-order chi connectivity index (χ1) is 13.4. The number of hydrogen-bond donors (Lipinski definition) is 3. The Kier molecular flexibility index (Phi) is 5.23. The van der Waals surface area contributed by atoms with Crippen LogP contribution in [0.2, 0.25) is 0 Å². The van der Waals surface area contributed by atoms with Crippen molar-refractivity contribution in [1.29, 1.82) is 5.26 Å². The maximum Gasteiger partial charge on any atom is 0.354 e. The quantitative estimate of drug-likeness (QED) is 0.605. The van der Waals surface area contributed by atoms with E-state index in [1.54, 1.807) is 24.3 Å². The number of carboxylic acids is 1. The highest BCUT2D eigenvalue weighted by Gasteiger charge is 2.13. The SMILES string of the molecule is Cc1cc(C)c(Nc2cc(C(=O)O)nc(Nc3ccc(C#N)cc3)n2)c(C)c1. The van der Waals surface area contributed by atoms with Crippen LogP contribution in [-0.2, 0) is 0 Å². The number of aromatic carboxylic acids is 1. The Morgan fingerprint density at radius 2 is 1.64 bits per heavy atom. The van der Waals surface area contributed by atoms with Crippen molar-refractivity contribution in [2.75, 3.05) is 10.6 Å².